The zero-order valence-corrected chi connectivity index (χ0v) is 22.0. The molecule has 198 valence electrons. The average Bonchev–Trinajstić information content (AvgIpc) is 3.29. The van der Waals surface area contributed by atoms with Gasteiger partial charge in [-0.15, -0.1) is 0 Å². The molecule has 2 atom stereocenters. The number of halogens is 1. The minimum atomic E-state index is -0.632. The summed E-state index contributed by atoms with van der Waals surface area (Å²) in [6, 6.07) is 3.78. The van der Waals surface area contributed by atoms with E-state index in [1.165, 1.54) is 0 Å². The summed E-state index contributed by atoms with van der Waals surface area (Å²) < 4.78 is 12.4. The Labute approximate surface area is 220 Å². The Morgan fingerprint density at radius 3 is 2.73 bits per heavy atom. The van der Waals surface area contributed by atoms with E-state index < -0.39 is 11.7 Å². The lowest BCUT2D eigenvalue weighted by atomic mass is 9.93. The average molecular weight is 530 g/mol. The third kappa shape index (κ3) is 5.78. The predicted octanol–water partition coefficient (Wildman–Crippen LogP) is 3.52. The molecule has 2 N–H and O–H groups in total. The monoisotopic (exact) mass is 529 g/mol. The summed E-state index contributed by atoms with van der Waals surface area (Å²) >= 11 is 6.47. The van der Waals surface area contributed by atoms with Crippen LogP contribution in [0.2, 0.25) is 5.02 Å². The number of amides is 1. The van der Waals surface area contributed by atoms with Gasteiger partial charge in [0.1, 0.15) is 5.60 Å². The number of fused-ring (bicyclic) bond motifs is 1. The molecule has 0 bridgehead atoms. The number of likely N-dealkylation sites (tertiary alicyclic amines) is 1. The summed E-state index contributed by atoms with van der Waals surface area (Å²) in [6.07, 6.45) is 4.59. The highest BCUT2D eigenvalue weighted by Crippen LogP contribution is 2.32. The predicted molar refractivity (Wildman–Crippen MR) is 138 cm³/mol. The lowest BCUT2D eigenvalue weighted by Gasteiger charge is -2.33. The second kappa shape index (κ2) is 10.4. The van der Waals surface area contributed by atoms with Crippen LogP contribution in [0.1, 0.15) is 51.6 Å². The van der Waals surface area contributed by atoms with Crippen molar-refractivity contribution in [1.82, 2.24) is 29.7 Å². The molecule has 37 heavy (non-hydrogen) atoms. The lowest BCUT2D eigenvalue weighted by molar-refractivity contribution is -0.0136. The Morgan fingerprint density at radius 1 is 1.22 bits per heavy atom. The van der Waals surface area contributed by atoms with E-state index in [-0.39, 0.29) is 24.7 Å². The Hall–Kier alpha value is -3.02. The highest BCUT2D eigenvalue weighted by Gasteiger charge is 2.29. The summed E-state index contributed by atoms with van der Waals surface area (Å²) in [5, 5.41) is 23.0. The number of ether oxygens (including phenoxy) is 2. The van der Waals surface area contributed by atoms with Gasteiger partial charge in [-0.1, -0.05) is 11.6 Å². The molecular weight excluding hydrogens is 498 g/mol. The highest BCUT2D eigenvalue weighted by atomic mass is 35.5. The SMILES string of the molecule is CC(C)(C)OC(=O)N1CCC(c2ccc3c(-c4nc(N[C@@H]5CCOC[C@H]5O)ncc4Cl)cnn3n2)CC1. The van der Waals surface area contributed by atoms with Crippen molar-refractivity contribution in [1.29, 1.82) is 0 Å². The van der Waals surface area contributed by atoms with Crippen molar-refractivity contribution < 1.29 is 19.4 Å². The Kier molecular flexibility index (Phi) is 7.19. The van der Waals surface area contributed by atoms with Crippen molar-refractivity contribution in [2.75, 3.05) is 31.6 Å². The fourth-order valence-electron chi connectivity index (χ4n) is 4.66. The van der Waals surface area contributed by atoms with Gasteiger partial charge < -0.3 is 24.8 Å². The molecule has 0 saturated carbocycles. The molecule has 3 aromatic heterocycles. The Morgan fingerprint density at radius 2 is 2.00 bits per heavy atom. The molecule has 0 aromatic carbocycles. The van der Waals surface area contributed by atoms with Crippen LogP contribution < -0.4 is 5.32 Å². The van der Waals surface area contributed by atoms with E-state index in [2.05, 4.69) is 20.4 Å². The summed E-state index contributed by atoms with van der Waals surface area (Å²) in [5.41, 5.74) is 2.47. The third-order valence-electron chi connectivity index (χ3n) is 6.61. The second-order valence-electron chi connectivity index (χ2n) is 10.5. The van der Waals surface area contributed by atoms with E-state index in [0.717, 1.165) is 29.6 Å². The minimum absolute atomic E-state index is 0.197. The number of rotatable bonds is 4. The molecule has 12 heteroatoms. The van der Waals surface area contributed by atoms with Crippen LogP contribution in [-0.4, -0.2) is 84.9 Å². The standard InChI is InChI=1S/C25H32ClN7O4/c1-25(2,3)37-24(35)32-9-6-15(7-10-32)18-4-5-20-16(12-28-33(20)31-18)22-17(26)13-27-23(30-22)29-19-8-11-36-14-21(19)34/h4-5,12-13,15,19,21,34H,6-11,14H2,1-3H3,(H,27,29,30)/t19-,21-/m1/s1. The van der Waals surface area contributed by atoms with E-state index in [9.17, 15) is 9.90 Å². The van der Waals surface area contributed by atoms with Crippen LogP contribution in [0.5, 0.6) is 0 Å². The number of piperidine rings is 1. The van der Waals surface area contributed by atoms with E-state index in [1.54, 1.807) is 21.9 Å². The summed E-state index contributed by atoms with van der Waals surface area (Å²) in [6.45, 7) is 7.71. The van der Waals surface area contributed by atoms with Crippen LogP contribution in [0.25, 0.3) is 16.8 Å². The van der Waals surface area contributed by atoms with Crippen molar-refractivity contribution in [3.8, 4) is 11.3 Å². The largest absolute Gasteiger partial charge is 0.444 e. The highest BCUT2D eigenvalue weighted by molar-refractivity contribution is 6.33. The van der Waals surface area contributed by atoms with Gasteiger partial charge in [-0.2, -0.15) is 14.8 Å². The number of aromatic nitrogens is 5. The van der Waals surface area contributed by atoms with E-state index in [4.69, 9.17) is 26.2 Å². The number of aliphatic hydroxyl groups excluding tert-OH is 1. The Bertz CT molecular complexity index is 1270. The maximum Gasteiger partial charge on any atom is 0.410 e. The topological polar surface area (TPSA) is 127 Å². The molecule has 3 aromatic rings. The molecule has 0 unspecified atom stereocenters. The van der Waals surface area contributed by atoms with Gasteiger partial charge in [0, 0.05) is 31.2 Å². The van der Waals surface area contributed by atoms with Crippen LogP contribution in [0.3, 0.4) is 0 Å². The van der Waals surface area contributed by atoms with Gasteiger partial charge in [0.25, 0.3) is 0 Å². The Balaban J connectivity index is 1.31. The molecule has 2 saturated heterocycles. The molecule has 0 aliphatic carbocycles. The molecule has 5 rings (SSSR count). The number of hydrogen-bond acceptors (Lipinski definition) is 9. The van der Waals surface area contributed by atoms with Crippen LogP contribution in [0.15, 0.2) is 24.5 Å². The van der Waals surface area contributed by atoms with E-state index in [1.807, 2.05) is 32.9 Å². The fraction of sp³-hybridized carbons (Fsp3) is 0.560. The van der Waals surface area contributed by atoms with Gasteiger partial charge in [-0.25, -0.2) is 14.8 Å². The quantitative estimate of drug-likeness (QED) is 0.521. The molecule has 2 fully saturated rings. The third-order valence-corrected chi connectivity index (χ3v) is 6.89. The zero-order valence-electron chi connectivity index (χ0n) is 21.2. The first-order chi connectivity index (χ1) is 17.7. The molecule has 0 radical (unpaired) electrons. The van der Waals surface area contributed by atoms with Crippen molar-refractivity contribution >= 4 is 29.2 Å². The normalized spacial score (nSPS) is 21.3. The van der Waals surface area contributed by atoms with Crippen molar-refractivity contribution in [2.24, 2.45) is 0 Å². The molecule has 2 aliphatic rings. The van der Waals surface area contributed by atoms with Crippen LogP contribution >= 0.6 is 11.6 Å². The van der Waals surface area contributed by atoms with Gasteiger partial charge in [0.15, 0.2) is 0 Å². The number of carbonyl (C=O) groups excluding carboxylic acids is 1. The second-order valence-corrected chi connectivity index (χ2v) is 10.9. The lowest BCUT2D eigenvalue weighted by Crippen LogP contribution is -2.42. The van der Waals surface area contributed by atoms with Crippen LogP contribution in [0, 0.1) is 0 Å². The minimum Gasteiger partial charge on any atom is -0.444 e. The van der Waals surface area contributed by atoms with E-state index >= 15 is 0 Å². The first kappa shape index (κ1) is 25.6. The van der Waals surface area contributed by atoms with Gasteiger partial charge >= 0.3 is 6.09 Å². The van der Waals surface area contributed by atoms with Gasteiger partial charge in [-0.05, 0) is 52.2 Å². The van der Waals surface area contributed by atoms with Gasteiger partial charge in [0.2, 0.25) is 5.95 Å². The van der Waals surface area contributed by atoms with Crippen molar-refractivity contribution in [3.63, 3.8) is 0 Å². The van der Waals surface area contributed by atoms with Gasteiger partial charge in [-0.3, -0.25) is 0 Å². The smallest absolute Gasteiger partial charge is 0.410 e. The molecule has 2 aliphatic heterocycles. The first-order valence-electron chi connectivity index (χ1n) is 12.6. The zero-order chi connectivity index (χ0) is 26.2. The van der Waals surface area contributed by atoms with Crippen molar-refractivity contribution in [2.45, 2.75) is 63.7 Å². The molecule has 11 nitrogen and oxygen atoms in total. The number of carbonyl (C=O) groups is 1. The van der Waals surface area contributed by atoms with Crippen LogP contribution in [0.4, 0.5) is 10.7 Å². The maximum atomic E-state index is 12.4. The molecule has 0 spiro atoms. The fourth-order valence-corrected chi connectivity index (χ4v) is 4.85. The molecule has 5 heterocycles. The summed E-state index contributed by atoms with van der Waals surface area (Å²) in [4.78, 5) is 23.0. The molecule has 1 amide bonds. The first-order valence-corrected chi connectivity index (χ1v) is 12.9. The van der Waals surface area contributed by atoms with Crippen molar-refractivity contribution in [3.05, 3.63) is 35.2 Å². The molecular formula is C25H32ClN7O4. The number of hydrogen-bond donors (Lipinski definition) is 2. The summed E-state index contributed by atoms with van der Waals surface area (Å²) in [7, 11) is 0. The van der Waals surface area contributed by atoms with Gasteiger partial charge in [0.05, 0.1) is 53.1 Å². The summed E-state index contributed by atoms with van der Waals surface area (Å²) in [5.74, 6) is 0.603. The maximum absolute atomic E-state index is 12.4. The number of nitrogens with one attached hydrogen (secondary N) is 1. The van der Waals surface area contributed by atoms with Crippen LogP contribution in [-0.2, 0) is 9.47 Å². The number of anilines is 1. The number of nitrogens with zero attached hydrogens (tertiary/aromatic N) is 6. The van der Waals surface area contributed by atoms with E-state index in [0.29, 0.717) is 42.8 Å². The number of aliphatic hydroxyl groups is 1.